The fourth-order valence-corrected chi connectivity index (χ4v) is 4.83. The van der Waals surface area contributed by atoms with Crippen molar-refractivity contribution in [3.05, 3.63) is 0 Å². The second-order valence-electron chi connectivity index (χ2n) is 6.17. The van der Waals surface area contributed by atoms with Crippen molar-refractivity contribution in [1.82, 2.24) is 5.32 Å². The van der Waals surface area contributed by atoms with E-state index in [1.54, 1.807) is 0 Å². The molecule has 3 aliphatic carbocycles. The topological polar surface area (TPSA) is 38.3 Å². The number of rotatable bonds is 3. The van der Waals surface area contributed by atoms with Crippen LogP contribution in [-0.4, -0.2) is 25.2 Å². The zero-order chi connectivity index (χ0) is 12.0. The average molecular weight is 237 g/mol. The summed E-state index contributed by atoms with van der Waals surface area (Å²) < 4.78 is 4.79. The molecule has 3 aliphatic rings. The molecule has 6 unspecified atom stereocenters. The number of fused-ring (bicyclic) bond motifs is 5. The SMILES string of the molecule is COC(=O)C(C)NC1CC2CC1C1CCCC21. The molecular formula is C14H23NO2. The van der Waals surface area contributed by atoms with Gasteiger partial charge in [-0.3, -0.25) is 4.79 Å². The zero-order valence-electron chi connectivity index (χ0n) is 10.8. The van der Waals surface area contributed by atoms with Gasteiger partial charge < -0.3 is 10.1 Å². The lowest BCUT2D eigenvalue weighted by molar-refractivity contribution is -0.143. The van der Waals surface area contributed by atoms with Crippen molar-refractivity contribution in [2.45, 2.75) is 51.1 Å². The maximum atomic E-state index is 11.4. The molecule has 3 rings (SSSR count). The third kappa shape index (κ3) is 1.79. The summed E-state index contributed by atoms with van der Waals surface area (Å²) in [6.07, 6.45) is 7.01. The molecule has 96 valence electrons. The molecular weight excluding hydrogens is 214 g/mol. The van der Waals surface area contributed by atoms with Gasteiger partial charge in [0.15, 0.2) is 0 Å². The van der Waals surface area contributed by atoms with E-state index in [0.717, 1.165) is 23.7 Å². The Labute approximate surface area is 103 Å². The first-order valence-electron chi connectivity index (χ1n) is 7.04. The fourth-order valence-electron chi connectivity index (χ4n) is 4.83. The van der Waals surface area contributed by atoms with Crippen LogP contribution >= 0.6 is 0 Å². The number of hydrogen-bond acceptors (Lipinski definition) is 3. The van der Waals surface area contributed by atoms with Crippen LogP contribution in [0.1, 0.15) is 39.0 Å². The third-order valence-corrected chi connectivity index (χ3v) is 5.45. The Morgan fingerprint density at radius 3 is 2.76 bits per heavy atom. The van der Waals surface area contributed by atoms with Crippen molar-refractivity contribution in [2.75, 3.05) is 7.11 Å². The molecule has 0 amide bonds. The number of carbonyl (C=O) groups excluding carboxylic acids is 1. The molecule has 0 aromatic heterocycles. The van der Waals surface area contributed by atoms with Crippen LogP contribution in [0.25, 0.3) is 0 Å². The van der Waals surface area contributed by atoms with E-state index >= 15 is 0 Å². The minimum Gasteiger partial charge on any atom is -0.468 e. The molecule has 3 nitrogen and oxygen atoms in total. The summed E-state index contributed by atoms with van der Waals surface area (Å²) in [4.78, 5) is 11.4. The lowest BCUT2D eigenvalue weighted by atomic mass is 9.79. The molecule has 0 aromatic rings. The van der Waals surface area contributed by atoms with Crippen LogP contribution in [0.5, 0.6) is 0 Å². The van der Waals surface area contributed by atoms with Crippen LogP contribution in [0, 0.1) is 23.7 Å². The first kappa shape index (κ1) is 11.5. The van der Waals surface area contributed by atoms with Crippen LogP contribution < -0.4 is 5.32 Å². The third-order valence-electron chi connectivity index (χ3n) is 5.45. The molecule has 17 heavy (non-hydrogen) atoms. The Bertz CT molecular complexity index is 317. The van der Waals surface area contributed by atoms with Gasteiger partial charge in [-0.2, -0.15) is 0 Å². The highest BCUT2D eigenvalue weighted by molar-refractivity contribution is 5.75. The van der Waals surface area contributed by atoms with Crippen LogP contribution in [0.3, 0.4) is 0 Å². The van der Waals surface area contributed by atoms with Crippen LogP contribution in [-0.2, 0) is 9.53 Å². The van der Waals surface area contributed by atoms with Crippen molar-refractivity contribution >= 4 is 5.97 Å². The Hall–Kier alpha value is -0.570. The number of nitrogens with one attached hydrogen (secondary N) is 1. The monoisotopic (exact) mass is 237 g/mol. The molecule has 0 radical (unpaired) electrons. The number of esters is 1. The normalized spacial score (nSPS) is 44.7. The minimum absolute atomic E-state index is 0.129. The van der Waals surface area contributed by atoms with E-state index in [2.05, 4.69) is 5.32 Å². The number of methoxy groups -OCH3 is 1. The highest BCUT2D eigenvalue weighted by Crippen LogP contribution is 2.58. The van der Waals surface area contributed by atoms with Crippen molar-refractivity contribution in [1.29, 1.82) is 0 Å². The smallest absolute Gasteiger partial charge is 0.322 e. The first-order chi connectivity index (χ1) is 8.20. The van der Waals surface area contributed by atoms with Gasteiger partial charge >= 0.3 is 5.97 Å². The molecule has 1 N–H and O–H groups in total. The Morgan fingerprint density at radius 1 is 1.24 bits per heavy atom. The number of ether oxygens (including phenoxy) is 1. The molecule has 0 aromatic carbocycles. The predicted molar refractivity (Wildman–Crippen MR) is 65.4 cm³/mol. The summed E-state index contributed by atoms with van der Waals surface area (Å²) >= 11 is 0. The average Bonchev–Trinajstić information content (AvgIpc) is 2.98. The summed E-state index contributed by atoms with van der Waals surface area (Å²) in [7, 11) is 1.47. The second-order valence-corrected chi connectivity index (χ2v) is 6.17. The predicted octanol–water partition coefficient (Wildman–Crippen LogP) is 1.96. The summed E-state index contributed by atoms with van der Waals surface area (Å²) in [5.74, 6) is 3.62. The lowest BCUT2D eigenvalue weighted by Crippen LogP contribution is -2.46. The van der Waals surface area contributed by atoms with E-state index in [0.29, 0.717) is 6.04 Å². The van der Waals surface area contributed by atoms with Gasteiger partial charge in [-0.25, -0.2) is 0 Å². The van der Waals surface area contributed by atoms with E-state index in [-0.39, 0.29) is 12.0 Å². The van der Waals surface area contributed by atoms with Crippen LogP contribution in [0.2, 0.25) is 0 Å². The number of carbonyl (C=O) groups is 1. The molecule has 3 saturated carbocycles. The first-order valence-corrected chi connectivity index (χ1v) is 7.04. The molecule has 0 saturated heterocycles. The molecule has 0 aliphatic heterocycles. The van der Waals surface area contributed by atoms with Gasteiger partial charge in [0.1, 0.15) is 6.04 Å². The summed E-state index contributed by atoms with van der Waals surface area (Å²) in [6, 6.07) is 0.414. The zero-order valence-corrected chi connectivity index (χ0v) is 10.8. The van der Waals surface area contributed by atoms with Crippen molar-refractivity contribution in [3.8, 4) is 0 Å². The highest BCUT2D eigenvalue weighted by Gasteiger charge is 2.53. The standard InChI is InChI=1S/C14H23NO2/c1-8(14(16)17-2)15-13-7-9-6-12(13)11-5-3-4-10(9)11/h8-13,15H,3-7H2,1-2H3. The lowest BCUT2D eigenvalue weighted by Gasteiger charge is -2.33. The van der Waals surface area contributed by atoms with Gasteiger partial charge in [-0.15, -0.1) is 0 Å². The van der Waals surface area contributed by atoms with Crippen molar-refractivity contribution < 1.29 is 9.53 Å². The molecule has 3 heteroatoms. The van der Waals surface area contributed by atoms with E-state index < -0.39 is 0 Å². The van der Waals surface area contributed by atoms with Gasteiger partial charge in [0, 0.05) is 6.04 Å². The van der Waals surface area contributed by atoms with Gasteiger partial charge in [0.05, 0.1) is 7.11 Å². The van der Waals surface area contributed by atoms with Gasteiger partial charge in [0.25, 0.3) is 0 Å². The largest absolute Gasteiger partial charge is 0.468 e. The van der Waals surface area contributed by atoms with E-state index in [9.17, 15) is 4.79 Å². The van der Waals surface area contributed by atoms with E-state index in [4.69, 9.17) is 4.74 Å². The van der Waals surface area contributed by atoms with E-state index in [1.807, 2.05) is 6.92 Å². The van der Waals surface area contributed by atoms with Crippen molar-refractivity contribution in [3.63, 3.8) is 0 Å². The summed E-state index contributed by atoms with van der Waals surface area (Å²) in [5, 5.41) is 3.50. The van der Waals surface area contributed by atoms with Gasteiger partial charge in [-0.05, 0) is 56.3 Å². The summed E-state index contributed by atoms with van der Waals surface area (Å²) in [5.41, 5.74) is 0. The second kappa shape index (κ2) is 4.27. The van der Waals surface area contributed by atoms with Crippen molar-refractivity contribution in [2.24, 2.45) is 23.7 Å². The van der Waals surface area contributed by atoms with Gasteiger partial charge in [-0.1, -0.05) is 6.42 Å². The minimum atomic E-state index is -0.149. The fraction of sp³-hybridized carbons (Fsp3) is 0.929. The quantitative estimate of drug-likeness (QED) is 0.763. The molecule has 2 bridgehead atoms. The highest BCUT2D eigenvalue weighted by atomic mass is 16.5. The Balaban J connectivity index is 1.62. The Kier molecular flexibility index (Phi) is 2.89. The van der Waals surface area contributed by atoms with Gasteiger partial charge in [0.2, 0.25) is 0 Å². The van der Waals surface area contributed by atoms with Crippen LogP contribution in [0.4, 0.5) is 0 Å². The maximum absolute atomic E-state index is 11.4. The molecule has 3 fully saturated rings. The molecule has 0 spiro atoms. The molecule has 0 heterocycles. The molecule has 6 atom stereocenters. The Morgan fingerprint density at radius 2 is 2.00 bits per heavy atom. The maximum Gasteiger partial charge on any atom is 0.322 e. The number of hydrogen-bond donors (Lipinski definition) is 1. The van der Waals surface area contributed by atoms with Crippen LogP contribution in [0.15, 0.2) is 0 Å². The van der Waals surface area contributed by atoms with E-state index in [1.165, 1.54) is 39.2 Å². The summed E-state index contributed by atoms with van der Waals surface area (Å²) in [6.45, 7) is 1.92.